The van der Waals surface area contributed by atoms with Gasteiger partial charge < -0.3 is 9.47 Å². The van der Waals surface area contributed by atoms with E-state index in [1.807, 2.05) is 12.1 Å². The lowest BCUT2D eigenvalue weighted by atomic mass is 9.84. The van der Waals surface area contributed by atoms with Crippen LogP contribution < -0.4 is 0 Å². The first-order valence-corrected chi connectivity index (χ1v) is 8.75. The number of hydrogen-bond donors (Lipinski definition) is 0. The molecule has 134 valence electrons. The van der Waals surface area contributed by atoms with Gasteiger partial charge in [-0.05, 0) is 31.2 Å². The minimum absolute atomic E-state index is 0.230. The molecule has 5 nitrogen and oxygen atoms in total. The Morgan fingerprint density at radius 1 is 0.960 bits per heavy atom. The Morgan fingerprint density at radius 3 is 2.16 bits per heavy atom. The average molecular weight is 344 g/mol. The molecule has 1 aromatic rings. The Morgan fingerprint density at radius 2 is 1.56 bits per heavy atom. The van der Waals surface area contributed by atoms with Crippen molar-refractivity contribution in [3.63, 3.8) is 0 Å². The van der Waals surface area contributed by atoms with Gasteiger partial charge in [0, 0.05) is 17.7 Å². The van der Waals surface area contributed by atoms with E-state index in [0.717, 1.165) is 12.2 Å². The van der Waals surface area contributed by atoms with Crippen molar-refractivity contribution in [2.45, 2.75) is 44.9 Å². The highest BCUT2D eigenvalue weighted by molar-refractivity contribution is 5.99. The van der Waals surface area contributed by atoms with E-state index >= 15 is 0 Å². The van der Waals surface area contributed by atoms with Crippen LogP contribution in [0.15, 0.2) is 36.4 Å². The molecule has 1 aliphatic rings. The molecule has 0 radical (unpaired) electrons. The molecule has 0 aliphatic heterocycles. The summed E-state index contributed by atoms with van der Waals surface area (Å²) in [6.45, 7) is 1.55. The van der Waals surface area contributed by atoms with Crippen LogP contribution in [-0.4, -0.2) is 30.9 Å². The van der Waals surface area contributed by atoms with Gasteiger partial charge >= 0.3 is 11.9 Å². The van der Waals surface area contributed by atoms with Crippen molar-refractivity contribution in [1.29, 1.82) is 0 Å². The molecule has 0 heterocycles. The van der Waals surface area contributed by atoms with Crippen molar-refractivity contribution < 1.29 is 23.9 Å². The van der Waals surface area contributed by atoms with Gasteiger partial charge in [-0.1, -0.05) is 43.5 Å². The number of Topliss-reactive ketones (excluding diaryl/α,β-unsaturated/α-hetero) is 1. The number of ether oxygens (including phenoxy) is 2. The normalized spacial score (nSPS) is 15.1. The molecule has 0 unspecified atom stereocenters. The van der Waals surface area contributed by atoms with Crippen LogP contribution in [0.5, 0.6) is 0 Å². The highest BCUT2D eigenvalue weighted by Gasteiger charge is 2.16. The maximum atomic E-state index is 12.1. The molecular weight excluding hydrogens is 320 g/mol. The van der Waals surface area contributed by atoms with Gasteiger partial charge in [-0.25, -0.2) is 9.59 Å². The summed E-state index contributed by atoms with van der Waals surface area (Å²) in [4.78, 5) is 34.6. The molecule has 1 aliphatic carbocycles. The molecule has 2 rings (SSSR count). The van der Waals surface area contributed by atoms with Crippen LogP contribution in [-0.2, 0) is 19.1 Å². The molecule has 0 saturated heterocycles. The zero-order chi connectivity index (χ0) is 18.1. The largest absolute Gasteiger partial charge is 0.463 e. The first kappa shape index (κ1) is 18.9. The molecule has 5 heteroatoms. The van der Waals surface area contributed by atoms with Gasteiger partial charge in [0.2, 0.25) is 0 Å². The molecule has 25 heavy (non-hydrogen) atoms. The standard InChI is InChI=1S/C20H24O5/c1-2-24-19(22)12-13-20(23)25-14-18(21)17-10-8-16(9-11-17)15-6-4-3-5-7-15/h8-13,15H,2-7,14H2,1H3. The van der Waals surface area contributed by atoms with E-state index in [0.29, 0.717) is 11.5 Å². The molecule has 0 bridgehead atoms. The quantitative estimate of drug-likeness (QED) is 0.429. The van der Waals surface area contributed by atoms with Crippen LogP contribution in [0.25, 0.3) is 0 Å². The van der Waals surface area contributed by atoms with E-state index in [1.54, 1.807) is 19.1 Å². The molecule has 0 atom stereocenters. The third-order valence-electron chi connectivity index (χ3n) is 4.30. The van der Waals surface area contributed by atoms with Gasteiger partial charge in [-0.3, -0.25) is 4.79 Å². The van der Waals surface area contributed by atoms with Gasteiger partial charge in [-0.2, -0.15) is 0 Å². The second-order valence-electron chi connectivity index (χ2n) is 6.07. The van der Waals surface area contributed by atoms with Crippen molar-refractivity contribution in [2.75, 3.05) is 13.2 Å². The summed E-state index contributed by atoms with van der Waals surface area (Å²) in [6.07, 6.45) is 8.19. The van der Waals surface area contributed by atoms with E-state index in [9.17, 15) is 14.4 Å². The molecule has 1 fully saturated rings. The van der Waals surface area contributed by atoms with Crippen molar-refractivity contribution >= 4 is 17.7 Å². The Hall–Kier alpha value is -2.43. The number of carbonyl (C=O) groups excluding carboxylic acids is 3. The van der Waals surface area contributed by atoms with Crippen molar-refractivity contribution in [3.05, 3.63) is 47.5 Å². The van der Waals surface area contributed by atoms with E-state index in [2.05, 4.69) is 4.74 Å². The lowest BCUT2D eigenvalue weighted by Crippen LogP contribution is -2.13. The van der Waals surface area contributed by atoms with E-state index in [-0.39, 0.29) is 19.0 Å². The molecule has 1 saturated carbocycles. The maximum Gasteiger partial charge on any atom is 0.331 e. The summed E-state index contributed by atoms with van der Waals surface area (Å²) in [5.74, 6) is -1.05. The Labute approximate surface area is 148 Å². The predicted octanol–water partition coefficient (Wildman–Crippen LogP) is 3.58. The zero-order valence-electron chi connectivity index (χ0n) is 14.5. The number of hydrogen-bond acceptors (Lipinski definition) is 5. The van der Waals surface area contributed by atoms with Gasteiger partial charge in [0.25, 0.3) is 0 Å². The summed E-state index contributed by atoms with van der Waals surface area (Å²) in [5, 5.41) is 0. The Kier molecular flexibility index (Phi) is 7.38. The number of benzene rings is 1. The van der Waals surface area contributed by atoms with E-state index in [4.69, 9.17) is 4.74 Å². The van der Waals surface area contributed by atoms with Gasteiger partial charge in [0.15, 0.2) is 12.4 Å². The SMILES string of the molecule is CCOC(=O)C=CC(=O)OCC(=O)c1ccc(C2CCCCC2)cc1. The first-order chi connectivity index (χ1) is 12.1. The first-order valence-electron chi connectivity index (χ1n) is 8.75. The van der Waals surface area contributed by atoms with Gasteiger partial charge in [0.05, 0.1) is 6.61 Å². The number of ketones is 1. The van der Waals surface area contributed by atoms with Crippen molar-refractivity contribution in [1.82, 2.24) is 0 Å². The molecule has 0 spiro atoms. The highest BCUT2D eigenvalue weighted by Crippen LogP contribution is 2.32. The number of esters is 2. The molecule has 0 amide bonds. The Balaban J connectivity index is 1.82. The fraction of sp³-hybridized carbons (Fsp3) is 0.450. The van der Waals surface area contributed by atoms with Crippen molar-refractivity contribution in [3.8, 4) is 0 Å². The lowest BCUT2D eigenvalue weighted by Gasteiger charge is -2.22. The van der Waals surface area contributed by atoms with Gasteiger partial charge in [0.1, 0.15) is 0 Å². The summed E-state index contributed by atoms with van der Waals surface area (Å²) in [7, 11) is 0. The van der Waals surface area contributed by atoms with Crippen LogP contribution >= 0.6 is 0 Å². The second kappa shape index (κ2) is 9.77. The number of carbonyl (C=O) groups is 3. The molecule has 0 N–H and O–H groups in total. The van der Waals surface area contributed by atoms with Crippen LogP contribution in [0.2, 0.25) is 0 Å². The Bertz CT molecular complexity index is 624. The van der Waals surface area contributed by atoms with Crippen LogP contribution in [0.3, 0.4) is 0 Å². The fourth-order valence-electron chi connectivity index (χ4n) is 2.97. The van der Waals surface area contributed by atoms with E-state index in [1.165, 1.54) is 37.7 Å². The zero-order valence-corrected chi connectivity index (χ0v) is 14.5. The molecule has 0 aromatic heterocycles. The third-order valence-corrected chi connectivity index (χ3v) is 4.30. The molecular formula is C20H24O5. The third kappa shape index (κ3) is 6.18. The lowest BCUT2D eigenvalue weighted by molar-refractivity contribution is -0.139. The fourth-order valence-corrected chi connectivity index (χ4v) is 2.97. The minimum Gasteiger partial charge on any atom is -0.463 e. The topological polar surface area (TPSA) is 69.7 Å². The van der Waals surface area contributed by atoms with E-state index < -0.39 is 11.9 Å². The monoisotopic (exact) mass is 344 g/mol. The van der Waals surface area contributed by atoms with Crippen LogP contribution in [0.1, 0.15) is 60.9 Å². The van der Waals surface area contributed by atoms with Crippen molar-refractivity contribution in [2.24, 2.45) is 0 Å². The predicted molar refractivity (Wildman–Crippen MR) is 93.3 cm³/mol. The summed E-state index contributed by atoms with van der Waals surface area (Å²) in [5.41, 5.74) is 1.78. The highest BCUT2D eigenvalue weighted by atomic mass is 16.5. The smallest absolute Gasteiger partial charge is 0.331 e. The maximum absolute atomic E-state index is 12.1. The second-order valence-corrected chi connectivity index (χ2v) is 6.07. The summed E-state index contributed by atoms with van der Waals surface area (Å²) < 4.78 is 9.50. The number of rotatable bonds is 7. The molecule has 1 aromatic carbocycles. The summed E-state index contributed by atoms with van der Waals surface area (Å²) >= 11 is 0. The van der Waals surface area contributed by atoms with Crippen LogP contribution in [0.4, 0.5) is 0 Å². The van der Waals surface area contributed by atoms with Gasteiger partial charge in [-0.15, -0.1) is 0 Å². The average Bonchev–Trinajstić information content (AvgIpc) is 2.65. The summed E-state index contributed by atoms with van der Waals surface area (Å²) in [6, 6.07) is 7.56. The minimum atomic E-state index is -0.750. The van der Waals surface area contributed by atoms with Crippen LogP contribution in [0, 0.1) is 0 Å².